The molecule has 0 atom stereocenters. The molecular weight excluding hydrogens is 356 g/mol. The third kappa shape index (κ3) is 4.20. The van der Waals surface area contributed by atoms with Crippen molar-refractivity contribution in [3.8, 4) is 11.4 Å². The first-order chi connectivity index (χ1) is 13.5. The van der Waals surface area contributed by atoms with Crippen LogP contribution in [0.2, 0.25) is 0 Å². The molecule has 0 aliphatic heterocycles. The molecule has 2 amide bonds. The van der Waals surface area contributed by atoms with Gasteiger partial charge in [-0.05, 0) is 29.8 Å². The molecule has 3 aromatic rings. The second kappa shape index (κ2) is 8.39. The van der Waals surface area contributed by atoms with Crippen LogP contribution in [-0.2, 0) is 6.54 Å². The van der Waals surface area contributed by atoms with Gasteiger partial charge in [-0.3, -0.25) is 9.59 Å². The summed E-state index contributed by atoms with van der Waals surface area (Å²) in [4.78, 5) is 26.0. The normalized spacial score (nSPS) is 10.4. The Balaban J connectivity index is 1.70. The van der Waals surface area contributed by atoms with Crippen molar-refractivity contribution >= 4 is 11.8 Å². The summed E-state index contributed by atoms with van der Waals surface area (Å²) >= 11 is 0. The zero-order chi connectivity index (χ0) is 20.1. The summed E-state index contributed by atoms with van der Waals surface area (Å²) in [5.41, 5.74) is 2.53. The van der Waals surface area contributed by atoms with Gasteiger partial charge in [0.25, 0.3) is 11.8 Å². The molecule has 0 bridgehead atoms. The molecule has 0 spiro atoms. The number of nitrogens with one attached hydrogen (secondary N) is 1. The number of amides is 2. The standard InChI is InChI=1S/C21H22N4O3/c1-24(2)21(27)16-11-9-15(10-12-16)13-22-20(26)19-18(28-3)14-25(23-19)17-7-5-4-6-8-17/h4-12,14H,13H2,1-3H3,(H,22,26). The molecule has 28 heavy (non-hydrogen) atoms. The minimum atomic E-state index is -0.333. The van der Waals surface area contributed by atoms with Gasteiger partial charge < -0.3 is 15.0 Å². The number of hydrogen-bond acceptors (Lipinski definition) is 4. The van der Waals surface area contributed by atoms with Gasteiger partial charge in [-0.15, -0.1) is 0 Å². The minimum Gasteiger partial charge on any atom is -0.493 e. The molecule has 1 N–H and O–H groups in total. The average Bonchev–Trinajstić information content (AvgIpc) is 3.17. The van der Waals surface area contributed by atoms with E-state index in [4.69, 9.17) is 4.74 Å². The van der Waals surface area contributed by atoms with E-state index in [1.165, 1.54) is 12.0 Å². The summed E-state index contributed by atoms with van der Waals surface area (Å²) in [7, 11) is 4.92. The van der Waals surface area contributed by atoms with E-state index in [0.29, 0.717) is 17.9 Å². The van der Waals surface area contributed by atoms with Gasteiger partial charge in [-0.25, -0.2) is 4.68 Å². The van der Waals surface area contributed by atoms with Crippen LogP contribution in [0.15, 0.2) is 60.8 Å². The topological polar surface area (TPSA) is 76.5 Å². The highest BCUT2D eigenvalue weighted by Crippen LogP contribution is 2.19. The van der Waals surface area contributed by atoms with E-state index in [-0.39, 0.29) is 17.5 Å². The lowest BCUT2D eigenvalue weighted by Crippen LogP contribution is -2.24. The van der Waals surface area contributed by atoms with Crippen LogP contribution in [0.25, 0.3) is 5.69 Å². The highest BCUT2D eigenvalue weighted by molar-refractivity contribution is 5.95. The summed E-state index contributed by atoms with van der Waals surface area (Å²) in [6, 6.07) is 16.6. The number of aromatic nitrogens is 2. The van der Waals surface area contributed by atoms with Gasteiger partial charge in [0.1, 0.15) is 0 Å². The van der Waals surface area contributed by atoms with Crippen LogP contribution < -0.4 is 10.1 Å². The van der Waals surface area contributed by atoms with Gasteiger partial charge in [-0.2, -0.15) is 5.10 Å². The Morgan fingerprint density at radius 3 is 2.36 bits per heavy atom. The molecule has 1 heterocycles. The Morgan fingerprint density at radius 1 is 1.07 bits per heavy atom. The minimum absolute atomic E-state index is 0.0632. The van der Waals surface area contributed by atoms with Gasteiger partial charge in [0.05, 0.1) is 19.0 Å². The highest BCUT2D eigenvalue weighted by Gasteiger charge is 2.18. The van der Waals surface area contributed by atoms with E-state index < -0.39 is 0 Å². The lowest BCUT2D eigenvalue weighted by atomic mass is 10.1. The van der Waals surface area contributed by atoms with E-state index in [0.717, 1.165) is 11.3 Å². The first-order valence-electron chi connectivity index (χ1n) is 8.77. The van der Waals surface area contributed by atoms with Gasteiger partial charge in [0.2, 0.25) is 0 Å². The fraction of sp³-hybridized carbons (Fsp3) is 0.190. The van der Waals surface area contributed by atoms with E-state index >= 15 is 0 Å². The predicted molar refractivity (Wildman–Crippen MR) is 106 cm³/mol. The SMILES string of the molecule is COc1cn(-c2ccccc2)nc1C(=O)NCc1ccc(C(=O)N(C)C)cc1. The number of ether oxygens (including phenoxy) is 1. The Morgan fingerprint density at radius 2 is 1.75 bits per heavy atom. The fourth-order valence-corrected chi connectivity index (χ4v) is 2.67. The average molecular weight is 378 g/mol. The largest absolute Gasteiger partial charge is 0.493 e. The lowest BCUT2D eigenvalue weighted by molar-refractivity contribution is 0.0827. The van der Waals surface area contributed by atoms with Crippen molar-refractivity contribution in [2.75, 3.05) is 21.2 Å². The molecule has 0 fully saturated rings. The van der Waals surface area contributed by atoms with Crippen molar-refractivity contribution < 1.29 is 14.3 Å². The van der Waals surface area contributed by atoms with E-state index in [1.807, 2.05) is 42.5 Å². The maximum Gasteiger partial charge on any atom is 0.275 e. The second-order valence-corrected chi connectivity index (χ2v) is 6.41. The van der Waals surface area contributed by atoms with E-state index in [2.05, 4.69) is 10.4 Å². The Bertz CT molecular complexity index is 963. The van der Waals surface area contributed by atoms with E-state index in [9.17, 15) is 9.59 Å². The van der Waals surface area contributed by atoms with Crippen molar-refractivity contribution in [1.82, 2.24) is 20.0 Å². The molecule has 1 aromatic heterocycles. The molecule has 0 unspecified atom stereocenters. The second-order valence-electron chi connectivity index (χ2n) is 6.41. The summed E-state index contributed by atoms with van der Waals surface area (Å²) in [5.74, 6) is 0.0000277. The van der Waals surface area contributed by atoms with Crippen molar-refractivity contribution in [3.05, 3.63) is 77.6 Å². The molecule has 0 saturated carbocycles. The number of nitrogens with zero attached hydrogens (tertiary/aromatic N) is 3. The maximum atomic E-state index is 12.6. The van der Waals surface area contributed by atoms with Gasteiger partial charge >= 0.3 is 0 Å². The molecule has 0 aliphatic carbocycles. The van der Waals surface area contributed by atoms with Crippen molar-refractivity contribution in [3.63, 3.8) is 0 Å². The van der Waals surface area contributed by atoms with Crippen molar-refractivity contribution in [2.24, 2.45) is 0 Å². The van der Waals surface area contributed by atoms with E-state index in [1.54, 1.807) is 37.1 Å². The molecule has 144 valence electrons. The quantitative estimate of drug-likeness (QED) is 0.715. The summed E-state index contributed by atoms with van der Waals surface area (Å²) in [5, 5.41) is 7.19. The third-order valence-electron chi connectivity index (χ3n) is 4.20. The summed E-state index contributed by atoms with van der Waals surface area (Å²) in [6.07, 6.45) is 1.67. The number of carbonyl (C=O) groups is 2. The van der Waals surface area contributed by atoms with Crippen LogP contribution in [-0.4, -0.2) is 47.7 Å². The highest BCUT2D eigenvalue weighted by atomic mass is 16.5. The van der Waals surface area contributed by atoms with Crippen LogP contribution in [0, 0.1) is 0 Å². The zero-order valence-corrected chi connectivity index (χ0v) is 16.0. The smallest absolute Gasteiger partial charge is 0.275 e. The van der Waals surface area contributed by atoms with Gasteiger partial charge in [0, 0.05) is 26.2 Å². The lowest BCUT2D eigenvalue weighted by Gasteiger charge is -2.10. The molecule has 0 aliphatic rings. The number of carbonyl (C=O) groups excluding carboxylic acids is 2. The molecule has 0 saturated heterocycles. The Kier molecular flexibility index (Phi) is 5.74. The zero-order valence-electron chi connectivity index (χ0n) is 16.0. The molecule has 2 aromatic carbocycles. The van der Waals surface area contributed by atoms with Crippen molar-refractivity contribution in [2.45, 2.75) is 6.54 Å². The van der Waals surface area contributed by atoms with Gasteiger partial charge in [0.15, 0.2) is 11.4 Å². The number of para-hydroxylation sites is 1. The molecule has 7 nitrogen and oxygen atoms in total. The van der Waals surface area contributed by atoms with Crippen molar-refractivity contribution in [1.29, 1.82) is 0 Å². The van der Waals surface area contributed by atoms with Crippen LogP contribution in [0.1, 0.15) is 26.4 Å². The molecule has 0 radical (unpaired) electrons. The predicted octanol–water partition coefficient (Wildman–Crippen LogP) is 2.51. The van der Waals surface area contributed by atoms with Crippen LogP contribution >= 0.6 is 0 Å². The van der Waals surface area contributed by atoms with Crippen LogP contribution in [0.4, 0.5) is 0 Å². The summed E-state index contributed by atoms with van der Waals surface area (Å²) in [6.45, 7) is 0.316. The first kappa shape index (κ1) is 19.2. The molecule has 7 heteroatoms. The summed E-state index contributed by atoms with van der Waals surface area (Å²) < 4.78 is 6.91. The number of rotatable bonds is 6. The Labute approximate surface area is 163 Å². The Hall–Kier alpha value is -3.61. The maximum absolute atomic E-state index is 12.6. The number of benzene rings is 2. The van der Waals surface area contributed by atoms with Crippen LogP contribution in [0.3, 0.4) is 0 Å². The number of methoxy groups -OCH3 is 1. The van der Waals surface area contributed by atoms with Crippen LogP contribution in [0.5, 0.6) is 5.75 Å². The van der Waals surface area contributed by atoms with Gasteiger partial charge in [-0.1, -0.05) is 30.3 Å². The molecular formula is C21H22N4O3. The third-order valence-corrected chi connectivity index (χ3v) is 4.20. The number of hydrogen-bond donors (Lipinski definition) is 1. The first-order valence-corrected chi connectivity index (χ1v) is 8.77. The monoisotopic (exact) mass is 378 g/mol. The fourth-order valence-electron chi connectivity index (χ4n) is 2.67. The molecule has 3 rings (SSSR count).